The van der Waals surface area contributed by atoms with Crippen LogP contribution < -0.4 is 0 Å². The molecule has 0 saturated carbocycles. The van der Waals surface area contributed by atoms with E-state index in [0.29, 0.717) is 11.6 Å². The standard InChI is InChI=1S/C9H19NO/c1-8-7-11-6-5-10(8)9(2,3)4/h8H,5-7H2,1-4H3/t8-/m0/s1. The zero-order chi connectivity index (χ0) is 8.48. The molecule has 0 aromatic heterocycles. The molecule has 0 aliphatic carbocycles. The lowest BCUT2D eigenvalue weighted by Crippen LogP contribution is -2.53. The van der Waals surface area contributed by atoms with Gasteiger partial charge in [-0.2, -0.15) is 0 Å². The molecule has 11 heavy (non-hydrogen) atoms. The SMILES string of the molecule is C[C@H]1COCCN1C(C)(C)C. The van der Waals surface area contributed by atoms with Gasteiger partial charge in [-0.1, -0.05) is 0 Å². The monoisotopic (exact) mass is 157 g/mol. The molecule has 1 fully saturated rings. The highest BCUT2D eigenvalue weighted by molar-refractivity contribution is 4.82. The van der Waals surface area contributed by atoms with Crippen LogP contribution in [0, 0.1) is 0 Å². The first-order chi connectivity index (χ1) is 5.02. The van der Waals surface area contributed by atoms with E-state index in [4.69, 9.17) is 4.74 Å². The van der Waals surface area contributed by atoms with Crippen LogP contribution in [0.5, 0.6) is 0 Å². The Labute approximate surface area is 69.5 Å². The number of ether oxygens (including phenoxy) is 1. The largest absolute Gasteiger partial charge is 0.379 e. The number of rotatable bonds is 0. The van der Waals surface area contributed by atoms with E-state index in [-0.39, 0.29) is 0 Å². The van der Waals surface area contributed by atoms with Crippen LogP contribution in [-0.2, 0) is 4.74 Å². The molecule has 1 aliphatic rings. The summed E-state index contributed by atoms with van der Waals surface area (Å²) < 4.78 is 5.37. The lowest BCUT2D eigenvalue weighted by atomic mass is 10.0. The van der Waals surface area contributed by atoms with Gasteiger partial charge in [-0.3, -0.25) is 4.90 Å². The maximum Gasteiger partial charge on any atom is 0.0620 e. The first-order valence-corrected chi connectivity index (χ1v) is 4.36. The van der Waals surface area contributed by atoms with Crippen LogP contribution in [0.25, 0.3) is 0 Å². The Kier molecular flexibility index (Phi) is 2.55. The molecule has 0 bridgehead atoms. The lowest BCUT2D eigenvalue weighted by molar-refractivity contribution is -0.0421. The van der Waals surface area contributed by atoms with E-state index in [1.54, 1.807) is 0 Å². The fourth-order valence-corrected chi connectivity index (χ4v) is 1.72. The molecule has 1 saturated heterocycles. The maximum atomic E-state index is 5.37. The van der Waals surface area contributed by atoms with Crippen molar-refractivity contribution in [2.75, 3.05) is 19.8 Å². The second-order valence-electron chi connectivity index (χ2n) is 4.29. The van der Waals surface area contributed by atoms with Gasteiger partial charge in [0, 0.05) is 18.1 Å². The molecule has 1 rings (SSSR count). The third kappa shape index (κ3) is 2.17. The third-order valence-corrected chi connectivity index (χ3v) is 2.23. The second kappa shape index (κ2) is 3.11. The minimum atomic E-state index is 0.295. The summed E-state index contributed by atoms with van der Waals surface area (Å²) in [7, 11) is 0. The van der Waals surface area contributed by atoms with Gasteiger partial charge in [0.1, 0.15) is 0 Å². The highest BCUT2D eigenvalue weighted by Gasteiger charge is 2.28. The van der Waals surface area contributed by atoms with Gasteiger partial charge in [0.25, 0.3) is 0 Å². The molecule has 2 heteroatoms. The summed E-state index contributed by atoms with van der Waals surface area (Å²) in [6, 6.07) is 0.573. The molecule has 66 valence electrons. The Morgan fingerprint density at radius 3 is 2.36 bits per heavy atom. The molecule has 1 heterocycles. The van der Waals surface area contributed by atoms with Crippen molar-refractivity contribution in [3.63, 3.8) is 0 Å². The number of nitrogens with zero attached hydrogens (tertiary/aromatic N) is 1. The summed E-state index contributed by atoms with van der Waals surface area (Å²) >= 11 is 0. The van der Waals surface area contributed by atoms with Crippen LogP contribution in [0.4, 0.5) is 0 Å². The smallest absolute Gasteiger partial charge is 0.0620 e. The first kappa shape index (κ1) is 9.01. The van der Waals surface area contributed by atoms with Crippen molar-refractivity contribution in [3.05, 3.63) is 0 Å². The van der Waals surface area contributed by atoms with Crippen molar-refractivity contribution in [3.8, 4) is 0 Å². The van der Waals surface area contributed by atoms with Crippen molar-refractivity contribution in [2.45, 2.75) is 39.3 Å². The van der Waals surface area contributed by atoms with Crippen LogP contribution in [0.15, 0.2) is 0 Å². The van der Waals surface area contributed by atoms with E-state index in [2.05, 4.69) is 32.6 Å². The summed E-state index contributed by atoms with van der Waals surface area (Å²) in [5, 5.41) is 0. The van der Waals surface area contributed by atoms with Gasteiger partial charge in [-0.25, -0.2) is 0 Å². The van der Waals surface area contributed by atoms with E-state index >= 15 is 0 Å². The topological polar surface area (TPSA) is 12.5 Å². The van der Waals surface area contributed by atoms with Gasteiger partial charge in [0.15, 0.2) is 0 Å². The van der Waals surface area contributed by atoms with Crippen molar-refractivity contribution in [2.24, 2.45) is 0 Å². The van der Waals surface area contributed by atoms with E-state index in [1.807, 2.05) is 0 Å². The average molecular weight is 157 g/mol. The maximum absolute atomic E-state index is 5.37. The Hall–Kier alpha value is -0.0800. The van der Waals surface area contributed by atoms with Gasteiger partial charge in [0.05, 0.1) is 13.2 Å². The molecule has 0 unspecified atom stereocenters. The fourth-order valence-electron chi connectivity index (χ4n) is 1.72. The average Bonchev–Trinajstić information content (AvgIpc) is 1.86. The minimum absolute atomic E-state index is 0.295. The molecule has 0 spiro atoms. The van der Waals surface area contributed by atoms with E-state index < -0.39 is 0 Å². The molecule has 0 aromatic carbocycles. The normalized spacial score (nSPS) is 28.9. The van der Waals surface area contributed by atoms with Crippen molar-refractivity contribution in [1.82, 2.24) is 4.90 Å². The Morgan fingerprint density at radius 2 is 2.00 bits per heavy atom. The fraction of sp³-hybridized carbons (Fsp3) is 1.00. The predicted molar refractivity (Wildman–Crippen MR) is 46.7 cm³/mol. The zero-order valence-corrected chi connectivity index (χ0v) is 8.05. The van der Waals surface area contributed by atoms with Gasteiger partial charge in [0.2, 0.25) is 0 Å². The summed E-state index contributed by atoms with van der Waals surface area (Å²) in [5.74, 6) is 0. The Bertz CT molecular complexity index is 128. The number of hydrogen-bond donors (Lipinski definition) is 0. The van der Waals surface area contributed by atoms with Crippen LogP contribution in [0.3, 0.4) is 0 Å². The van der Waals surface area contributed by atoms with Crippen molar-refractivity contribution in [1.29, 1.82) is 0 Å². The number of hydrogen-bond acceptors (Lipinski definition) is 2. The molecular weight excluding hydrogens is 138 g/mol. The zero-order valence-electron chi connectivity index (χ0n) is 8.05. The van der Waals surface area contributed by atoms with Gasteiger partial charge in [-0.15, -0.1) is 0 Å². The highest BCUT2D eigenvalue weighted by atomic mass is 16.5. The van der Waals surface area contributed by atoms with Crippen LogP contribution in [0.2, 0.25) is 0 Å². The quantitative estimate of drug-likeness (QED) is 0.528. The Morgan fingerprint density at radius 1 is 1.36 bits per heavy atom. The van der Waals surface area contributed by atoms with Crippen molar-refractivity contribution >= 4 is 0 Å². The molecule has 0 radical (unpaired) electrons. The molecule has 0 N–H and O–H groups in total. The molecule has 0 aromatic rings. The van der Waals surface area contributed by atoms with E-state index in [9.17, 15) is 0 Å². The lowest BCUT2D eigenvalue weighted by Gasteiger charge is -2.42. The van der Waals surface area contributed by atoms with Gasteiger partial charge in [-0.05, 0) is 27.7 Å². The van der Waals surface area contributed by atoms with E-state index in [0.717, 1.165) is 19.8 Å². The minimum Gasteiger partial charge on any atom is -0.379 e. The van der Waals surface area contributed by atoms with Crippen LogP contribution in [0.1, 0.15) is 27.7 Å². The summed E-state index contributed by atoms with van der Waals surface area (Å²) in [4.78, 5) is 2.50. The molecule has 0 amide bonds. The Balaban J connectivity index is 2.55. The molecule has 1 atom stereocenters. The first-order valence-electron chi connectivity index (χ1n) is 4.36. The summed E-state index contributed by atoms with van der Waals surface area (Å²) in [6.07, 6.45) is 0. The van der Waals surface area contributed by atoms with Crippen molar-refractivity contribution < 1.29 is 4.74 Å². The molecule has 2 nitrogen and oxygen atoms in total. The highest BCUT2D eigenvalue weighted by Crippen LogP contribution is 2.18. The van der Waals surface area contributed by atoms with E-state index in [1.165, 1.54) is 0 Å². The molecule has 1 aliphatic heterocycles. The summed E-state index contributed by atoms with van der Waals surface area (Å²) in [6.45, 7) is 11.9. The van der Waals surface area contributed by atoms with Gasteiger partial charge < -0.3 is 4.74 Å². The van der Waals surface area contributed by atoms with Crippen LogP contribution in [-0.4, -0.2) is 36.2 Å². The van der Waals surface area contributed by atoms with Gasteiger partial charge >= 0.3 is 0 Å². The predicted octanol–water partition coefficient (Wildman–Crippen LogP) is 1.51. The molecular formula is C9H19NO. The number of morpholine rings is 1. The second-order valence-corrected chi connectivity index (χ2v) is 4.29. The summed E-state index contributed by atoms with van der Waals surface area (Å²) in [5.41, 5.74) is 0.295. The third-order valence-electron chi connectivity index (χ3n) is 2.23. The van der Waals surface area contributed by atoms with Crippen LogP contribution >= 0.6 is 0 Å².